The van der Waals surface area contributed by atoms with Gasteiger partial charge in [0.25, 0.3) is 5.56 Å². The number of aliphatic hydroxyl groups is 1. The van der Waals surface area contributed by atoms with Crippen molar-refractivity contribution in [2.45, 2.75) is 18.6 Å². The number of hydrogen-bond donors (Lipinski definition) is 1. The number of para-hydroxylation sites is 2. The molecule has 0 spiro atoms. The van der Waals surface area contributed by atoms with Gasteiger partial charge in [0.2, 0.25) is 0 Å². The second-order valence-corrected chi connectivity index (χ2v) is 8.67. The van der Waals surface area contributed by atoms with E-state index in [1.165, 1.54) is 11.8 Å². The Bertz CT molecular complexity index is 1450. The molecule has 2 aromatic carbocycles. The molecule has 31 heavy (non-hydrogen) atoms. The fourth-order valence-electron chi connectivity index (χ4n) is 3.38. The lowest BCUT2D eigenvalue weighted by atomic mass is 10.2. The van der Waals surface area contributed by atoms with Crippen LogP contribution in [0.5, 0.6) is 0 Å². The SMILES string of the molecule is CCn1c(SC/C(O)=C(/C#N)c2nc3ccccc3n2C)nc2ccc(Br)cc2c1=O. The Morgan fingerprint density at radius 2 is 2.00 bits per heavy atom. The number of fused-ring (bicyclic) bond motifs is 2. The lowest BCUT2D eigenvalue weighted by molar-refractivity contribution is 0.420. The highest BCUT2D eigenvalue weighted by molar-refractivity contribution is 9.10. The van der Waals surface area contributed by atoms with Crippen molar-refractivity contribution in [1.82, 2.24) is 19.1 Å². The number of hydrogen-bond acceptors (Lipinski definition) is 6. The first kappa shape index (κ1) is 21.2. The second kappa shape index (κ2) is 8.57. The standard InChI is InChI=1S/C22H18BrN5O2S/c1-3-28-21(30)14-10-13(23)8-9-16(14)26-22(28)31-12-19(29)15(11-24)20-25-17-6-4-5-7-18(17)27(20)2/h4-10,29H,3,12H2,1-2H3/b19-15+. The fraction of sp³-hybridized carbons (Fsp3) is 0.182. The van der Waals surface area contributed by atoms with Crippen LogP contribution in [-0.4, -0.2) is 30.0 Å². The number of aryl methyl sites for hydroxylation is 1. The first-order chi connectivity index (χ1) is 14.9. The molecule has 0 unspecified atom stereocenters. The summed E-state index contributed by atoms with van der Waals surface area (Å²) in [4.78, 5) is 22.0. The van der Waals surface area contributed by atoms with Gasteiger partial charge in [-0.2, -0.15) is 5.26 Å². The van der Waals surface area contributed by atoms with Crippen LogP contribution in [0.3, 0.4) is 0 Å². The summed E-state index contributed by atoms with van der Waals surface area (Å²) in [5.41, 5.74) is 2.15. The van der Waals surface area contributed by atoms with Crippen molar-refractivity contribution in [3.05, 3.63) is 68.9 Å². The number of benzene rings is 2. The molecule has 0 amide bonds. The van der Waals surface area contributed by atoms with Crippen LogP contribution in [0.1, 0.15) is 12.7 Å². The lowest BCUT2D eigenvalue weighted by Crippen LogP contribution is -2.22. The smallest absolute Gasteiger partial charge is 0.262 e. The van der Waals surface area contributed by atoms with E-state index in [0.717, 1.165) is 15.5 Å². The van der Waals surface area contributed by atoms with E-state index in [1.807, 2.05) is 37.3 Å². The highest BCUT2D eigenvalue weighted by Crippen LogP contribution is 2.26. The predicted molar refractivity (Wildman–Crippen MR) is 126 cm³/mol. The van der Waals surface area contributed by atoms with Gasteiger partial charge in [-0.3, -0.25) is 9.36 Å². The van der Waals surface area contributed by atoms with E-state index in [2.05, 4.69) is 32.0 Å². The minimum Gasteiger partial charge on any atom is -0.510 e. The van der Waals surface area contributed by atoms with Gasteiger partial charge in [0.05, 0.1) is 27.7 Å². The van der Waals surface area contributed by atoms with Crippen LogP contribution < -0.4 is 5.56 Å². The van der Waals surface area contributed by atoms with Crippen molar-refractivity contribution in [3.63, 3.8) is 0 Å². The van der Waals surface area contributed by atoms with Crippen molar-refractivity contribution in [1.29, 1.82) is 5.26 Å². The molecule has 156 valence electrons. The number of thioether (sulfide) groups is 1. The summed E-state index contributed by atoms with van der Waals surface area (Å²) in [6.07, 6.45) is 0. The first-order valence-electron chi connectivity index (χ1n) is 9.51. The topological polar surface area (TPSA) is 96.7 Å². The number of aromatic nitrogens is 4. The summed E-state index contributed by atoms with van der Waals surface area (Å²) in [7, 11) is 1.81. The molecular formula is C22H18BrN5O2S. The summed E-state index contributed by atoms with van der Waals surface area (Å²) in [5, 5.41) is 21.4. The van der Waals surface area contributed by atoms with Crippen LogP contribution in [0.4, 0.5) is 0 Å². The zero-order valence-corrected chi connectivity index (χ0v) is 19.2. The van der Waals surface area contributed by atoms with E-state index in [9.17, 15) is 15.2 Å². The molecule has 1 N–H and O–H groups in total. The molecule has 0 aliphatic rings. The van der Waals surface area contributed by atoms with Crippen LogP contribution in [0.2, 0.25) is 0 Å². The van der Waals surface area contributed by atoms with Gasteiger partial charge < -0.3 is 9.67 Å². The molecule has 0 saturated carbocycles. The average molecular weight is 496 g/mol. The zero-order chi connectivity index (χ0) is 22.1. The van der Waals surface area contributed by atoms with Gasteiger partial charge in [-0.1, -0.05) is 39.8 Å². The van der Waals surface area contributed by atoms with Gasteiger partial charge in [-0.25, -0.2) is 9.97 Å². The minimum absolute atomic E-state index is 0.0839. The maximum atomic E-state index is 12.9. The Balaban J connectivity index is 1.72. The van der Waals surface area contributed by atoms with Crippen LogP contribution in [-0.2, 0) is 13.6 Å². The van der Waals surface area contributed by atoms with Gasteiger partial charge in [0.15, 0.2) is 11.0 Å². The van der Waals surface area contributed by atoms with Gasteiger partial charge in [0, 0.05) is 18.1 Å². The zero-order valence-electron chi connectivity index (χ0n) is 16.8. The maximum Gasteiger partial charge on any atom is 0.262 e. The Labute approximate surface area is 190 Å². The molecule has 0 aliphatic heterocycles. The van der Waals surface area contributed by atoms with Crippen molar-refractivity contribution in [3.8, 4) is 6.07 Å². The van der Waals surface area contributed by atoms with Crippen LogP contribution in [0.15, 0.2) is 62.6 Å². The first-order valence-corrected chi connectivity index (χ1v) is 11.3. The summed E-state index contributed by atoms with van der Waals surface area (Å²) in [6, 6.07) is 15.0. The molecule has 2 heterocycles. The van der Waals surface area contributed by atoms with Crippen molar-refractivity contribution < 1.29 is 5.11 Å². The molecule has 4 rings (SSSR count). The molecular weight excluding hydrogens is 478 g/mol. The third-order valence-electron chi connectivity index (χ3n) is 4.95. The molecule has 0 bridgehead atoms. The van der Waals surface area contributed by atoms with Crippen LogP contribution >= 0.6 is 27.7 Å². The third kappa shape index (κ3) is 3.84. The van der Waals surface area contributed by atoms with E-state index in [4.69, 9.17) is 0 Å². The number of halogens is 1. The highest BCUT2D eigenvalue weighted by Gasteiger charge is 2.18. The minimum atomic E-state index is -0.143. The van der Waals surface area contributed by atoms with Gasteiger partial charge in [-0.05, 0) is 37.3 Å². The fourth-order valence-corrected chi connectivity index (χ4v) is 4.68. The molecule has 9 heteroatoms. The van der Waals surface area contributed by atoms with E-state index in [1.54, 1.807) is 28.3 Å². The number of nitrogens with zero attached hydrogens (tertiary/aromatic N) is 5. The molecule has 0 fully saturated rings. The van der Waals surface area contributed by atoms with Gasteiger partial charge in [-0.15, -0.1) is 0 Å². The molecule has 7 nitrogen and oxygen atoms in total. The molecule has 0 aliphatic carbocycles. The number of aliphatic hydroxyl groups excluding tert-OH is 1. The van der Waals surface area contributed by atoms with Crippen LogP contribution in [0, 0.1) is 11.3 Å². The maximum absolute atomic E-state index is 12.9. The quantitative estimate of drug-likeness (QED) is 0.187. The molecule has 0 saturated heterocycles. The monoisotopic (exact) mass is 495 g/mol. The third-order valence-corrected chi connectivity index (χ3v) is 6.43. The molecule has 0 radical (unpaired) electrons. The average Bonchev–Trinajstić information content (AvgIpc) is 3.10. The number of allylic oxidation sites excluding steroid dienone is 1. The van der Waals surface area contributed by atoms with E-state index >= 15 is 0 Å². The Morgan fingerprint density at radius 3 is 2.71 bits per heavy atom. The summed E-state index contributed by atoms with van der Waals surface area (Å²) >= 11 is 4.60. The second-order valence-electron chi connectivity index (χ2n) is 6.81. The molecule has 4 aromatic rings. The van der Waals surface area contributed by atoms with Gasteiger partial charge in [0.1, 0.15) is 17.4 Å². The Morgan fingerprint density at radius 1 is 1.23 bits per heavy atom. The van der Waals surface area contributed by atoms with Crippen molar-refractivity contribution >= 4 is 55.2 Å². The lowest BCUT2D eigenvalue weighted by Gasteiger charge is -2.11. The Kier molecular flexibility index (Phi) is 5.85. The van der Waals surface area contributed by atoms with E-state index in [-0.39, 0.29) is 22.6 Å². The molecule has 0 atom stereocenters. The molecule has 2 aromatic heterocycles. The summed E-state index contributed by atoms with van der Waals surface area (Å²) < 4.78 is 4.15. The number of rotatable bonds is 5. The highest BCUT2D eigenvalue weighted by atomic mass is 79.9. The van der Waals surface area contributed by atoms with E-state index in [0.29, 0.717) is 28.4 Å². The van der Waals surface area contributed by atoms with Crippen molar-refractivity contribution in [2.75, 3.05) is 5.75 Å². The van der Waals surface area contributed by atoms with E-state index < -0.39 is 0 Å². The van der Waals surface area contributed by atoms with Crippen molar-refractivity contribution in [2.24, 2.45) is 7.05 Å². The van der Waals surface area contributed by atoms with Gasteiger partial charge >= 0.3 is 0 Å². The largest absolute Gasteiger partial charge is 0.510 e. The Hall–Kier alpha value is -3.09. The van der Waals surface area contributed by atoms with Crippen LogP contribution in [0.25, 0.3) is 27.5 Å². The summed E-state index contributed by atoms with van der Waals surface area (Å²) in [6.45, 7) is 2.31. The number of imidazole rings is 1. The number of nitriles is 1. The predicted octanol–water partition coefficient (Wildman–Crippen LogP) is 4.65. The normalized spacial score (nSPS) is 12.2. The summed E-state index contributed by atoms with van der Waals surface area (Å²) in [5.74, 6) is 0.366.